The summed E-state index contributed by atoms with van der Waals surface area (Å²) in [4.78, 5) is 41.7. The van der Waals surface area contributed by atoms with Crippen LogP contribution in [0.3, 0.4) is 0 Å². The first-order valence-corrected chi connectivity index (χ1v) is 5.88. The number of aromatic nitrogens is 2. The van der Waals surface area contributed by atoms with Crippen molar-refractivity contribution < 1.29 is 14.3 Å². The molecule has 0 atom stereocenters. The Balaban J connectivity index is 3.22. The number of carbonyl (C=O) groups is 2. The quantitative estimate of drug-likeness (QED) is 0.503. The molecule has 0 unspecified atom stereocenters. The number of H-pyrrole nitrogens is 1. The number of carbonyl (C=O) groups excluding carboxylic acids is 2. The molecule has 1 aromatic rings. The van der Waals surface area contributed by atoms with Crippen molar-refractivity contribution >= 4 is 11.8 Å². The Morgan fingerprint density at radius 3 is 2.32 bits per heavy atom. The highest BCUT2D eigenvalue weighted by Gasteiger charge is 2.23. The van der Waals surface area contributed by atoms with Crippen LogP contribution in [-0.4, -0.2) is 28.8 Å². The molecule has 0 fully saturated rings. The molecule has 0 aliphatic heterocycles. The molecule has 1 N–H and O–H groups in total. The molecule has 19 heavy (non-hydrogen) atoms. The number of aromatic amines is 1. The van der Waals surface area contributed by atoms with E-state index in [9.17, 15) is 14.4 Å². The largest absolute Gasteiger partial charge is 0.469 e. The zero-order valence-corrected chi connectivity index (χ0v) is 11.8. The highest BCUT2D eigenvalue weighted by molar-refractivity contribution is 6.06. The van der Waals surface area contributed by atoms with Gasteiger partial charge in [0.15, 0.2) is 5.78 Å². The van der Waals surface area contributed by atoms with Crippen LogP contribution < -0.4 is 5.56 Å². The number of nitrogens with zero attached hydrogens (tertiary/aromatic N) is 1. The molecule has 1 rings (SSSR count). The van der Waals surface area contributed by atoms with E-state index in [0.717, 1.165) is 0 Å². The number of methoxy groups -OCH3 is 1. The molecule has 0 amide bonds. The molecule has 0 aliphatic rings. The lowest BCUT2D eigenvalue weighted by molar-refractivity contribution is -0.139. The highest BCUT2D eigenvalue weighted by atomic mass is 16.5. The fraction of sp³-hybridized carbons (Fsp3) is 0.538. The van der Waals surface area contributed by atoms with Crippen LogP contribution in [0.25, 0.3) is 0 Å². The summed E-state index contributed by atoms with van der Waals surface area (Å²) >= 11 is 0. The number of ketones is 1. The zero-order chi connectivity index (χ0) is 14.8. The number of esters is 1. The number of hydrogen-bond acceptors (Lipinski definition) is 5. The maximum Gasteiger partial charge on any atom is 0.313 e. The third kappa shape index (κ3) is 3.49. The molecule has 1 heterocycles. The summed E-state index contributed by atoms with van der Waals surface area (Å²) in [5.74, 6) is -0.758. The molecular weight excluding hydrogens is 248 g/mol. The Hall–Kier alpha value is -1.98. The van der Waals surface area contributed by atoms with Gasteiger partial charge in [-0.2, -0.15) is 0 Å². The Kier molecular flexibility index (Phi) is 4.24. The molecule has 0 saturated carbocycles. The summed E-state index contributed by atoms with van der Waals surface area (Å²) in [5.41, 5.74) is -0.610. The minimum absolute atomic E-state index is 0.0848. The number of hydrogen-bond donors (Lipinski definition) is 1. The molecule has 6 heteroatoms. The summed E-state index contributed by atoms with van der Waals surface area (Å²) in [6, 6.07) is 0. The fourth-order valence-electron chi connectivity index (χ4n) is 1.56. The summed E-state index contributed by atoms with van der Waals surface area (Å²) < 4.78 is 4.41. The summed E-state index contributed by atoms with van der Waals surface area (Å²) in [6.45, 7) is 7.29. The Morgan fingerprint density at radius 1 is 1.32 bits per heavy atom. The van der Waals surface area contributed by atoms with Crippen LogP contribution in [-0.2, 0) is 14.9 Å². The number of aryl methyl sites for hydroxylation is 1. The molecule has 104 valence electrons. The van der Waals surface area contributed by atoms with Gasteiger partial charge in [0, 0.05) is 5.41 Å². The number of rotatable bonds is 3. The van der Waals surface area contributed by atoms with Crippen molar-refractivity contribution in [2.75, 3.05) is 7.11 Å². The predicted molar refractivity (Wildman–Crippen MR) is 69.3 cm³/mol. The maximum absolute atomic E-state index is 12.0. The van der Waals surface area contributed by atoms with Gasteiger partial charge in [0.2, 0.25) is 0 Å². The van der Waals surface area contributed by atoms with Crippen molar-refractivity contribution in [1.29, 1.82) is 0 Å². The van der Waals surface area contributed by atoms with E-state index in [1.165, 1.54) is 7.11 Å². The van der Waals surface area contributed by atoms with E-state index < -0.39 is 23.7 Å². The average molecular weight is 266 g/mol. The molecular formula is C13H18N2O4. The molecule has 6 nitrogen and oxygen atoms in total. The minimum atomic E-state index is -0.677. The van der Waals surface area contributed by atoms with Crippen LogP contribution in [0.2, 0.25) is 0 Å². The lowest BCUT2D eigenvalue weighted by atomic mass is 9.95. The van der Waals surface area contributed by atoms with Gasteiger partial charge in [-0.15, -0.1) is 0 Å². The summed E-state index contributed by atoms with van der Waals surface area (Å²) in [6.07, 6.45) is -0.461. The van der Waals surface area contributed by atoms with Gasteiger partial charge in [0.25, 0.3) is 5.56 Å². The number of nitrogens with one attached hydrogen (secondary N) is 1. The van der Waals surface area contributed by atoms with Gasteiger partial charge in [0.05, 0.1) is 12.8 Å². The highest BCUT2D eigenvalue weighted by Crippen LogP contribution is 2.17. The van der Waals surface area contributed by atoms with E-state index in [-0.39, 0.29) is 11.0 Å². The van der Waals surface area contributed by atoms with Gasteiger partial charge in [-0.3, -0.25) is 14.4 Å². The van der Waals surface area contributed by atoms with Crippen molar-refractivity contribution in [3.8, 4) is 0 Å². The molecule has 0 aromatic carbocycles. The van der Waals surface area contributed by atoms with Gasteiger partial charge in [-0.1, -0.05) is 20.8 Å². The van der Waals surface area contributed by atoms with E-state index in [1.807, 2.05) is 20.8 Å². The van der Waals surface area contributed by atoms with Crippen molar-refractivity contribution in [2.24, 2.45) is 0 Å². The summed E-state index contributed by atoms with van der Waals surface area (Å²) in [7, 11) is 1.19. The molecule has 1 aromatic heterocycles. The van der Waals surface area contributed by atoms with Gasteiger partial charge in [-0.25, -0.2) is 4.98 Å². The first-order valence-electron chi connectivity index (χ1n) is 5.88. The fourth-order valence-corrected chi connectivity index (χ4v) is 1.56. The molecule has 0 radical (unpaired) electrons. The van der Waals surface area contributed by atoms with Crippen molar-refractivity contribution in [3.05, 3.63) is 27.4 Å². The molecule has 0 aliphatic carbocycles. The monoisotopic (exact) mass is 266 g/mol. The first kappa shape index (κ1) is 15.1. The molecule has 0 spiro atoms. The van der Waals surface area contributed by atoms with Crippen molar-refractivity contribution in [2.45, 2.75) is 39.5 Å². The Morgan fingerprint density at radius 2 is 1.89 bits per heavy atom. The second kappa shape index (κ2) is 5.34. The van der Waals surface area contributed by atoms with Crippen LogP contribution in [0.5, 0.6) is 0 Å². The van der Waals surface area contributed by atoms with Gasteiger partial charge in [-0.05, 0) is 6.92 Å². The maximum atomic E-state index is 12.0. The van der Waals surface area contributed by atoms with E-state index in [2.05, 4.69) is 14.7 Å². The van der Waals surface area contributed by atoms with E-state index in [1.54, 1.807) is 6.92 Å². The SMILES string of the molecule is COC(=O)CC(=O)c1c(C)nc(C(C)(C)C)[nH]c1=O. The van der Waals surface area contributed by atoms with Crippen LogP contribution >= 0.6 is 0 Å². The second-order valence-corrected chi connectivity index (χ2v) is 5.30. The number of Topliss-reactive ketones (excluding diaryl/α,β-unsaturated/α-hetero) is 1. The number of ether oxygens (including phenoxy) is 1. The lowest BCUT2D eigenvalue weighted by Gasteiger charge is -2.18. The van der Waals surface area contributed by atoms with Crippen LogP contribution in [0.4, 0.5) is 0 Å². The first-order chi connectivity index (χ1) is 8.66. The Labute approximate surface area is 111 Å². The normalized spacial score (nSPS) is 11.2. The molecule has 0 saturated heterocycles. The predicted octanol–water partition coefficient (Wildman–Crippen LogP) is 1.12. The average Bonchev–Trinajstić information content (AvgIpc) is 2.26. The zero-order valence-electron chi connectivity index (χ0n) is 11.8. The van der Waals surface area contributed by atoms with Crippen LogP contribution in [0.15, 0.2) is 4.79 Å². The van der Waals surface area contributed by atoms with E-state index in [0.29, 0.717) is 11.5 Å². The third-order valence-electron chi connectivity index (χ3n) is 2.62. The van der Waals surface area contributed by atoms with Gasteiger partial charge in [0.1, 0.15) is 17.8 Å². The smallest absolute Gasteiger partial charge is 0.313 e. The van der Waals surface area contributed by atoms with Gasteiger partial charge >= 0.3 is 5.97 Å². The Bertz CT molecular complexity index is 567. The van der Waals surface area contributed by atoms with E-state index in [4.69, 9.17) is 0 Å². The molecule has 0 bridgehead atoms. The van der Waals surface area contributed by atoms with Gasteiger partial charge < -0.3 is 9.72 Å². The standard InChI is InChI=1S/C13H18N2O4/c1-7-10(8(16)6-9(17)19-5)11(18)15-12(14-7)13(2,3)4/h6H2,1-5H3,(H,14,15,18). The topological polar surface area (TPSA) is 89.1 Å². The minimum Gasteiger partial charge on any atom is -0.469 e. The lowest BCUT2D eigenvalue weighted by Crippen LogP contribution is -2.28. The van der Waals surface area contributed by atoms with Crippen molar-refractivity contribution in [1.82, 2.24) is 9.97 Å². The summed E-state index contributed by atoms with van der Waals surface area (Å²) in [5, 5.41) is 0. The third-order valence-corrected chi connectivity index (χ3v) is 2.62. The van der Waals surface area contributed by atoms with Crippen LogP contribution in [0.1, 0.15) is 49.1 Å². The van der Waals surface area contributed by atoms with Crippen LogP contribution in [0, 0.1) is 6.92 Å². The van der Waals surface area contributed by atoms with Crippen molar-refractivity contribution in [3.63, 3.8) is 0 Å². The second-order valence-electron chi connectivity index (χ2n) is 5.30. The van der Waals surface area contributed by atoms with E-state index >= 15 is 0 Å².